The second-order valence-corrected chi connectivity index (χ2v) is 3.37. The van der Waals surface area contributed by atoms with E-state index in [4.69, 9.17) is 5.11 Å². The van der Waals surface area contributed by atoms with Gasteiger partial charge in [0.2, 0.25) is 0 Å². The van der Waals surface area contributed by atoms with Crippen LogP contribution in [0.4, 0.5) is 4.79 Å². The minimum Gasteiger partial charge on any atom is -0.480 e. The van der Waals surface area contributed by atoms with Crippen LogP contribution in [0.2, 0.25) is 0 Å². The van der Waals surface area contributed by atoms with Gasteiger partial charge in [-0.2, -0.15) is 0 Å². The number of carbonyl (C=O) groups excluding carboxylic acids is 1. The maximum absolute atomic E-state index is 11.3. The zero-order chi connectivity index (χ0) is 12.7. The third kappa shape index (κ3) is 4.49. The number of carbonyl (C=O) groups is 2. The van der Waals surface area contributed by atoms with Crippen LogP contribution < -0.4 is 10.6 Å². The summed E-state index contributed by atoms with van der Waals surface area (Å²) >= 11 is 0. The Balaban J connectivity index is 2.23. The molecule has 1 atom stereocenters. The number of aliphatic carboxylic acids is 1. The number of carboxylic acids is 1. The molecule has 0 radical (unpaired) electrons. The lowest BCUT2D eigenvalue weighted by molar-refractivity contribution is -0.139. The van der Waals surface area contributed by atoms with Crippen molar-refractivity contribution in [2.45, 2.75) is 25.9 Å². The summed E-state index contributed by atoms with van der Waals surface area (Å²) in [7, 11) is 0. The van der Waals surface area contributed by atoms with Gasteiger partial charge in [-0.05, 0) is 6.42 Å². The maximum Gasteiger partial charge on any atom is 0.326 e. The second-order valence-electron chi connectivity index (χ2n) is 3.37. The molecule has 0 aliphatic rings. The number of carboxylic acid groups (broad SMARTS) is 1. The Kier molecular flexibility index (Phi) is 4.92. The molecule has 0 aliphatic heterocycles. The maximum atomic E-state index is 11.3. The Morgan fingerprint density at radius 1 is 1.53 bits per heavy atom. The van der Waals surface area contributed by atoms with Gasteiger partial charge in [-0.1, -0.05) is 12.1 Å². The Morgan fingerprint density at radius 2 is 2.29 bits per heavy atom. The van der Waals surface area contributed by atoms with Gasteiger partial charge in [0.15, 0.2) is 0 Å². The molecular weight excluding hydrogens is 226 g/mol. The number of hydrogen-bond donors (Lipinski definition) is 3. The molecule has 0 saturated carbocycles. The summed E-state index contributed by atoms with van der Waals surface area (Å²) in [4.78, 5) is 22.0. The van der Waals surface area contributed by atoms with Gasteiger partial charge in [-0.25, -0.2) is 9.59 Å². The van der Waals surface area contributed by atoms with Crippen LogP contribution in [-0.2, 0) is 11.3 Å². The number of urea groups is 1. The number of aromatic nitrogens is 3. The zero-order valence-electron chi connectivity index (χ0n) is 9.46. The lowest BCUT2D eigenvalue weighted by Gasteiger charge is -2.12. The topological polar surface area (TPSA) is 109 Å². The predicted octanol–water partition coefficient (Wildman–Crippen LogP) is -0.559. The van der Waals surface area contributed by atoms with E-state index in [0.717, 1.165) is 0 Å². The first-order chi connectivity index (χ1) is 8.13. The highest BCUT2D eigenvalue weighted by molar-refractivity contribution is 5.82. The van der Waals surface area contributed by atoms with Gasteiger partial charge in [0, 0.05) is 12.7 Å². The first-order valence-electron chi connectivity index (χ1n) is 5.24. The SMILES string of the molecule is CCC(NC(=O)NCCn1ccnn1)C(=O)O. The normalized spacial score (nSPS) is 11.8. The summed E-state index contributed by atoms with van der Waals surface area (Å²) in [6, 6.07) is -1.36. The highest BCUT2D eigenvalue weighted by atomic mass is 16.4. The van der Waals surface area contributed by atoms with Crippen molar-refractivity contribution < 1.29 is 14.7 Å². The molecule has 94 valence electrons. The first-order valence-corrected chi connectivity index (χ1v) is 5.24. The van der Waals surface area contributed by atoms with Crippen molar-refractivity contribution in [1.29, 1.82) is 0 Å². The Morgan fingerprint density at radius 3 is 2.82 bits per heavy atom. The van der Waals surface area contributed by atoms with Gasteiger partial charge in [0.25, 0.3) is 0 Å². The summed E-state index contributed by atoms with van der Waals surface area (Å²) < 4.78 is 1.56. The predicted molar refractivity (Wildman–Crippen MR) is 58.3 cm³/mol. The van der Waals surface area contributed by atoms with Crippen molar-refractivity contribution in [2.75, 3.05) is 6.54 Å². The number of nitrogens with zero attached hydrogens (tertiary/aromatic N) is 3. The zero-order valence-corrected chi connectivity index (χ0v) is 9.46. The van der Waals surface area contributed by atoms with E-state index in [2.05, 4.69) is 20.9 Å². The van der Waals surface area contributed by atoms with Crippen LogP contribution >= 0.6 is 0 Å². The van der Waals surface area contributed by atoms with Crippen molar-refractivity contribution in [2.24, 2.45) is 0 Å². The Bertz CT molecular complexity index is 365. The Hall–Kier alpha value is -2.12. The molecule has 1 aromatic rings. The van der Waals surface area contributed by atoms with Gasteiger partial charge in [0.05, 0.1) is 12.7 Å². The van der Waals surface area contributed by atoms with Crippen molar-refractivity contribution in [1.82, 2.24) is 25.6 Å². The largest absolute Gasteiger partial charge is 0.480 e. The van der Waals surface area contributed by atoms with E-state index in [1.54, 1.807) is 17.8 Å². The number of rotatable bonds is 6. The minimum absolute atomic E-state index is 0.339. The van der Waals surface area contributed by atoms with Gasteiger partial charge >= 0.3 is 12.0 Å². The molecule has 0 spiro atoms. The van der Waals surface area contributed by atoms with E-state index in [1.807, 2.05) is 0 Å². The first kappa shape index (κ1) is 12.9. The van der Waals surface area contributed by atoms with Crippen LogP contribution in [0.15, 0.2) is 12.4 Å². The van der Waals surface area contributed by atoms with E-state index in [1.165, 1.54) is 6.20 Å². The number of amides is 2. The highest BCUT2D eigenvalue weighted by Crippen LogP contribution is 1.90. The standard InChI is InChI=1S/C9H15N5O3/c1-2-7(8(15)16)12-9(17)10-3-5-14-6-4-11-13-14/h4,6-7H,2-3,5H2,1H3,(H,15,16)(H2,10,12,17). The third-order valence-electron chi connectivity index (χ3n) is 2.11. The fourth-order valence-electron chi connectivity index (χ4n) is 1.18. The monoisotopic (exact) mass is 241 g/mol. The molecule has 2 amide bonds. The van der Waals surface area contributed by atoms with E-state index in [-0.39, 0.29) is 0 Å². The quantitative estimate of drug-likeness (QED) is 0.618. The van der Waals surface area contributed by atoms with E-state index in [0.29, 0.717) is 19.5 Å². The average molecular weight is 241 g/mol. The Labute approximate surface area is 98.0 Å². The molecule has 1 heterocycles. The lowest BCUT2D eigenvalue weighted by atomic mass is 10.2. The molecule has 0 saturated heterocycles. The fourth-order valence-corrected chi connectivity index (χ4v) is 1.18. The van der Waals surface area contributed by atoms with Gasteiger partial charge < -0.3 is 15.7 Å². The van der Waals surface area contributed by atoms with Crippen LogP contribution in [0.5, 0.6) is 0 Å². The van der Waals surface area contributed by atoms with Crippen molar-refractivity contribution >= 4 is 12.0 Å². The van der Waals surface area contributed by atoms with E-state index < -0.39 is 18.0 Å². The number of nitrogens with one attached hydrogen (secondary N) is 2. The summed E-state index contributed by atoms with van der Waals surface area (Å²) in [5, 5.41) is 21.0. The molecule has 8 heteroatoms. The second kappa shape index (κ2) is 6.46. The molecule has 17 heavy (non-hydrogen) atoms. The van der Waals surface area contributed by atoms with Gasteiger partial charge in [-0.3, -0.25) is 4.68 Å². The summed E-state index contributed by atoms with van der Waals surface area (Å²) in [5.74, 6) is -1.04. The molecule has 1 rings (SSSR count). The molecule has 8 nitrogen and oxygen atoms in total. The lowest BCUT2D eigenvalue weighted by Crippen LogP contribution is -2.46. The average Bonchev–Trinajstić information content (AvgIpc) is 2.78. The number of hydrogen-bond acceptors (Lipinski definition) is 4. The summed E-state index contributed by atoms with van der Waals surface area (Å²) in [5.41, 5.74) is 0. The minimum atomic E-state index is -1.04. The van der Waals surface area contributed by atoms with Gasteiger partial charge in [-0.15, -0.1) is 5.10 Å². The van der Waals surface area contributed by atoms with Crippen LogP contribution in [-0.4, -0.2) is 44.7 Å². The third-order valence-corrected chi connectivity index (χ3v) is 2.11. The van der Waals surface area contributed by atoms with Gasteiger partial charge in [0.1, 0.15) is 6.04 Å². The van der Waals surface area contributed by atoms with Crippen molar-refractivity contribution in [3.05, 3.63) is 12.4 Å². The van der Waals surface area contributed by atoms with E-state index >= 15 is 0 Å². The summed E-state index contributed by atoms with van der Waals surface area (Å²) in [6.45, 7) is 2.52. The molecule has 0 aromatic carbocycles. The van der Waals surface area contributed by atoms with Crippen LogP contribution in [0, 0.1) is 0 Å². The van der Waals surface area contributed by atoms with Crippen molar-refractivity contribution in [3.63, 3.8) is 0 Å². The molecule has 0 aliphatic carbocycles. The van der Waals surface area contributed by atoms with Crippen LogP contribution in [0.1, 0.15) is 13.3 Å². The highest BCUT2D eigenvalue weighted by Gasteiger charge is 2.16. The van der Waals surface area contributed by atoms with Crippen molar-refractivity contribution in [3.8, 4) is 0 Å². The fraction of sp³-hybridized carbons (Fsp3) is 0.556. The van der Waals surface area contributed by atoms with Crippen LogP contribution in [0.25, 0.3) is 0 Å². The smallest absolute Gasteiger partial charge is 0.326 e. The molecule has 1 unspecified atom stereocenters. The molecule has 1 aromatic heterocycles. The molecule has 0 bridgehead atoms. The summed E-state index contributed by atoms with van der Waals surface area (Å²) in [6.07, 6.45) is 3.55. The molecule has 3 N–H and O–H groups in total. The molecule has 0 fully saturated rings. The van der Waals surface area contributed by atoms with Crippen LogP contribution in [0.3, 0.4) is 0 Å². The molecular formula is C9H15N5O3. The van der Waals surface area contributed by atoms with E-state index in [9.17, 15) is 9.59 Å².